The van der Waals surface area contributed by atoms with E-state index < -0.39 is 16.1 Å². The summed E-state index contributed by atoms with van der Waals surface area (Å²) in [7, 11) is -3.41. The third-order valence-electron chi connectivity index (χ3n) is 4.52. The Balaban J connectivity index is 1.54. The molecule has 6 nitrogen and oxygen atoms in total. The number of para-hydroxylation sites is 1. The maximum Gasteiger partial charge on any atom is 0.261 e. The third kappa shape index (κ3) is 4.87. The Morgan fingerprint density at radius 1 is 1.07 bits per heavy atom. The Bertz CT molecular complexity index is 861. The van der Waals surface area contributed by atoms with E-state index in [4.69, 9.17) is 4.74 Å². The number of rotatable bonds is 7. The summed E-state index contributed by atoms with van der Waals surface area (Å²) in [6.45, 7) is 3.16. The van der Waals surface area contributed by atoms with E-state index in [-0.39, 0.29) is 5.91 Å². The Morgan fingerprint density at radius 2 is 1.70 bits per heavy atom. The summed E-state index contributed by atoms with van der Waals surface area (Å²) in [5, 5.41) is 2.81. The first-order valence-electron chi connectivity index (χ1n) is 9.05. The molecule has 1 unspecified atom stereocenters. The molecule has 1 amide bonds. The van der Waals surface area contributed by atoms with Crippen LogP contribution < -0.4 is 10.1 Å². The van der Waals surface area contributed by atoms with Gasteiger partial charge in [0.1, 0.15) is 5.75 Å². The van der Waals surface area contributed by atoms with Crippen LogP contribution in [-0.2, 0) is 21.4 Å². The summed E-state index contributed by atoms with van der Waals surface area (Å²) in [4.78, 5) is 12.5. The van der Waals surface area contributed by atoms with Crippen molar-refractivity contribution in [3.8, 4) is 5.75 Å². The van der Waals surface area contributed by atoms with E-state index in [1.165, 1.54) is 4.31 Å². The summed E-state index contributed by atoms with van der Waals surface area (Å²) in [6, 6.07) is 15.8. The maximum atomic E-state index is 12.5. The van der Waals surface area contributed by atoms with E-state index in [0.29, 0.717) is 30.3 Å². The number of hydrogen-bond donors (Lipinski definition) is 1. The summed E-state index contributed by atoms with van der Waals surface area (Å²) < 4.78 is 32.1. The predicted octanol–water partition coefficient (Wildman–Crippen LogP) is 2.55. The molecule has 144 valence electrons. The van der Waals surface area contributed by atoms with Crippen molar-refractivity contribution in [2.24, 2.45) is 0 Å². The Labute approximate surface area is 160 Å². The molecule has 7 heteroatoms. The minimum Gasteiger partial charge on any atom is -0.481 e. The number of amides is 1. The molecule has 1 aliphatic rings. The highest BCUT2D eigenvalue weighted by Gasteiger charge is 2.26. The monoisotopic (exact) mass is 388 g/mol. The van der Waals surface area contributed by atoms with Gasteiger partial charge in [0.2, 0.25) is 10.0 Å². The first-order chi connectivity index (χ1) is 13.0. The van der Waals surface area contributed by atoms with Gasteiger partial charge in [0.25, 0.3) is 5.91 Å². The van der Waals surface area contributed by atoms with Gasteiger partial charge < -0.3 is 10.1 Å². The quantitative estimate of drug-likeness (QED) is 0.791. The number of carbonyl (C=O) groups is 1. The number of sulfonamides is 1. The van der Waals surface area contributed by atoms with Crippen LogP contribution in [0.15, 0.2) is 59.5 Å². The van der Waals surface area contributed by atoms with E-state index in [1.807, 2.05) is 18.2 Å². The van der Waals surface area contributed by atoms with Crippen molar-refractivity contribution in [3.63, 3.8) is 0 Å². The SMILES string of the molecule is CC(Oc1ccccc1)C(=O)NCc1ccc(S(=O)(=O)N2CCCC2)cc1. The average Bonchev–Trinajstić information content (AvgIpc) is 3.23. The number of nitrogens with zero attached hydrogens (tertiary/aromatic N) is 1. The normalized spacial score (nSPS) is 16.0. The number of hydrogen-bond acceptors (Lipinski definition) is 4. The zero-order valence-electron chi connectivity index (χ0n) is 15.3. The predicted molar refractivity (Wildman–Crippen MR) is 103 cm³/mol. The van der Waals surface area contributed by atoms with Crippen molar-refractivity contribution < 1.29 is 17.9 Å². The van der Waals surface area contributed by atoms with Gasteiger partial charge in [0, 0.05) is 19.6 Å². The molecule has 1 heterocycles. The molecular weight excluding hydrogens is 364 g/mol. The number of ether oxygens (including phenoxy) is 1. The number of nitrogens with one attached hydrogen (secondary N) is 1. The minimum atomic E-state index is -3.41. The first kappa shape index (κ1) is 19.4. The second kappa shape index (κ2) is 8.54. The molecule has 0 aromatic heterocycles. The van der Waals surface area contributed by atoms with E-state index in [0.717, 1.165) is 18.4 Å². The van der Waals surface area contributed by atoms with Gasteiger partial charge in [-0.15, -0.1) is 0 Å². The van der Waals surface area contributed by atoms with Crippen LogP contribution in [0.4, 0.5) is 0 Å². The van der Waals surface area contributed by atoms with Crippen molar-refractivity contribution in [1.29, 1.82) is 0 Å². The van der Waals surface area contributed by atoms with Gasteiger partial charge in [-0.2, -0.15) is 4.31 Å². The molecule has 0 spiro atoms. The van der Waals surface area contributed by atoms with Crippen LogP contribution in [0.25, 0.3) is 0 Å². The third-order valence-corrected chi connectivity index (χ3v) is 6.43. The summed E-state index contributed by atoms with van der Waals surface area (Å²) >= 11 is 0. The standard InChI is InChI=1S/C20H24N2O4S/c1-16(26-18-7-3-2-4-8-18)20(23)21-15-17-9-11-19(12-10-17)27(24,25)22-13-5-6-14-22/h2-4,7-12,16H,5-6,13-15H2,1H3,(H,21,23). The lowest BCUT2D eigenvalue weighted by molar-refractivity contribution is -0.127. The van der Waals surface area contributed by atoms with E-state index in [2.05, 4.69) is 5.32 Å². The zero-order chi connectivity index (χ0) is 19.3. The number of benzene rings is 2. The van der Waals surface area contributed by atoms with Gasteiger partial charge in [0.05, 0.1) is 4.90 Å². The van der Waals surface area contributed by atoms with Gasteiger partial charge in [0.15, 0.2) is 6.10 Å². The summed E-state index contributed by atoms with van der Waals surface area (Å²) in [5.41, 5.74) is 0.829. The van der Waals surface area contributed by atoms with Gasteiger partial charge in [-0.05, 0) is 49.6 Å². The Kier molecular flexibility index (Phi) is 6.13. The van der Waals surface area contributed by atoms with Crippen LogP contribution in [0, 0.1) is 0 Å². The lowest BCUT2D eigenvalue weighted by atomic mass is 10.2. The van der Waals surface area contributed by atoms with E-state index in [1.54, 1.807) is 43.3 Å². The van der Waals surface area contributed by atoms with Crippen LogP contribution >= 0.6 is 0 Å². The van der Waals surface area contributed by atoms with E-state index in [9.17, 15) is 13.2 Å². The molecule has 0 saturated carbocycles. The Hall–Kier alpha value is -2.38. The summed E-state index contributed by atoms with van der Waals surface area (Å²) in [6.07, 6.45) is 1.20. The molecule has 1 atom stereocenters. The van der Waals surface area contributed by atoms with Crippen LogP contribution in [0.5, 0.6) is 5.75 Å². The smallest absolute Gasteiger partial charge is 0.261 e. The van der Waals surface area contributed by atoms with Crippen molar-refractivity contribution in [2.75, 3.05) is 13.1 Å². The highest BCUT2D eigenvalue weighted by molar-refractivity contribution is 7.89. The molecule has 3 rings (SSSR count). The average molecular weight is 388 g/mol. The van der Waals surface area contributed by atoms with Gasteiger partial charge >= 0.3 is 0 Å². The summed E-state index contributed by atoms with van der Waals surface area (Å²) in [5.74, 6) is 0.407. The van der Waals surface area contributed by atoms with Crippen molar-refractivity contribution >= 4 is 15.9 Å². The van der Waals surface area contributed by atoms with Gasteiger partial charge in [-0.25, -0.2) is 8.42 Å². The minimum absolute atomic E-state index is 0.229. The van der Waals surface area contributed by atoms with Crippen molar-refractivity contribution in [2.45, 2.75) is 37.3 Å². The lowest BCUT2D eigenvalue weighted by Gasteiger charge is -2.16. The van der Waals surface area contributed by atoms with Crippen LogP contribution in [-0.4, -0.2) is 37.8 Å². The van der Waals surface area contributed by atoms with Crippen molar-refractivity contribution in [3.05, 3.63) is 60.2 Å². The Morgan fingerprint density at radius 3 is 2.33 bits per heavy atom. The van der Waals surface area contributed by atoms with Crippen molar-refractivity contribution in [1.82, 2.24) is 9.62 Å². The lowest BCUT2D eigenvalue weighted by Crippen LogP contribution is -2.35. The van der Waals surface area contributed by atoms with Crippen LogP contribution in [0.3, 0.4) is 0 Å². The molecule has 2 aromatic rings. The fourth-order valence-corrected chi connectivity index (χ4v) is 4.46. The highest BCUT2D eigenvalue weighted by atomic mass is 32.2. The molecule has 0 bridgehead atoms. The largest absolute Gasteiger partial charge is 0.481 e. The second-order valence-electron chi connectivity index (χ2n) is 6.55. The van der Waals surface area contributed by atoms with Gasteiger partial charge in [-0.1, -0.05) is 30.3 Å². The highest BCUT2D eigenvalue weighted by Crippen LogP contribution is 2.21. The zero-order valence-corrected chi connectivity index (χ0v) is 16.1. The molecule has 1 aliphatic heterocycles. The second-order valence-corrected chi connectivity index (χ2v) is 8.48. The first-order valence-corrected chi connectivity index (χ1v) is 10.5. The maximum absolute atomic E-state index is 12.5. The van der Waals surface area contributed by atoms with Gasteiger partial charge in [-0.3, -0.25) is 4.79 Å². The fraction of sp³-hybridized carbons (Fsp3) is 0.350. The van der Waals surface area contributed by atoms with Crippen LogP contribution in [0.2, 0.25) is 0 Å². The van der Waals surface area contributed by atoms with E-state index >= 15 is 0 Å². The number of carbonyl (C=O) groups excluding carboxylic acids is 1. The molecule has 27 heavy (non-hydrogen) atoms. The molecule has 0 aliphatic carbocycles. The molecular formula is C20H24N2O4S. The molecule has 1 saturated heterocycles. The molecule has 1 fully saturated rings. The topological polar surface area (TPSA) is 75.7 Å². The molecule has 0 radical (unpaired) electrons. The molecule has 1 N–H and O–H groups in total. The van der Waals surface area contributed by atoms with Crippen LogP contribution in [0.1, 0.15) is 25.3 Å². The fourth-order valence-electron chi connectivity index (χ4n) is 2.95. The molecule has 2 aromatic carbocycles.